The summed E-state index contributed by atoms with van der Waals surface area (Å²) in [6, 6.07) is 11.5. The van der Waals surface area contributed by atoms with Crippen molar-refractivity contribution in [3.63, 3.8) is 0 Å². The van der Waals surface area contributed by atoms with Crippen LogP contribution in [0.4, 0.5) is 0 Å². The van der Waals surface area contributed by atoms with E-state index < -0.39 is 5.97 Å². The molecule has 0 saturated carbocycles. The third kappa shape index (κ3) is 3.59. The molecule has 0 aliphatic rings. The molecule has 1 heterocycles. The number of methoxy groups -OCH3 is 2. The van der Waals surface area contributed by atoms with E-state index in [-0.39, 0.29) is 23.8 Å². The van der Waals surface area contributed by atoms with E-state index in [2.05, 4.69) is 10.1 Å². The number of esters is 1. The second kappa shape index (κ2) is 7.56. The summed E-state index contributed by atoms with van der Waals surface area (Å²) in [5, 5.41) is 13.7. The fourth-order valence-corrected chi connectivity index (χ4v) is 2.27. The van der Waals surface area contributed by atoms with Crippen molar-refractivity contribution in [1.82, 2.24) is 10.1 Å². The van der Waals surface area contributed by atoms with Crippen molar-refractivity contribution in [2.75, 3.05) is 14.2 Å². The summed E-state index contributed by atoms with van der Waals surface area (Å²) in [6.07, 6.45) is 0. The van der Waals surface area contributed by atoms with Crippen molar-refractivity contribution in [2.45, 2.75) is 6.61 Å². The molecule has 0 spiro atoms. The highest BCUT2D eigenvalue weighted by Gasteiger charge is 2.17. The lowest BCUT2D eigenvalue weighted by atomic mass is 10.2. The molecule has 0 aliphatic carbocycles. The number of hydrogen-bond acceptors (Lipinski definition) is 8. The van der Waals surface area contributed by atoms with Crippen LogP contribution in [0.15, 0.2) is 47.0 Å². The first-order valence-corrected chi connectivity index (χ1v) is 7.62. The maximum absolute atomic E-state index is 12.1. The zero-order valence-corrected chi connectivity index (χ0v) is 14.1. The lowest BCUT2D eigenvalue weighted by Crippen LogP contribution is -2.06. The van der Waals surface area contributed by atoms with Gasteiger partial charge in [-0.05, 0) is 24.3 Å². The van der Waals surface area contributed by atoms with Crippen molar-refractivity contribution < 1.29 is 28.6 Å². The van der Waals surface area contributed by atoms with Gasteiger partial charge in [0.05, 0.1) is 19.8 Å². The van der Waals surface area contributed by atoms with Gasteiger partial charge in [-0.2, -0.15) is 4.98 Å². The Hall–Kier alpha value is -3.55. The highest BCUT2D eigenvalue weighted by atomic mass is 16.6. The Morgan fingerprint density at radius 2 is 1.96 bits per heavy atom. The summed E-state index contributed by atoms with van der Waals surface area (Å²) in [4.78, 5) is 16.3. The standard InChI is InChI=1S/C18H16N2O6/c1-23-11-7-8-12(14(21)9-11)18(22)25-10-16-19-17(20-26-16)13-5-3-4-6-15(13)24-2/h3-9,21H,10H2,1-2H3. The zero-order chi connectivity index (χ0) is 18.5. The third-order valence-electron chi connectivity index (χ3n) is 3.57. The molecule has 26 heavy (non-hydrogen) atoms. The number of ether oxygens (including phenoxy) is 3. The molecule has 0 fully saturated rings. The Balaban J connectivity index is 1.69. The average molecular weight is 356 g/mol. The van der Waals surface area contributed by atoms with Gasteiger partial charge in [-0.25, -0.2) is 4.79 Å². The molecule has 0 aliphatic heterocycles. The van der Waals surface area contributed by atoms with Crippen molar-refractivity contribution in [1.29, 1.82) is 0 Å². The summed E-state index contributed by atoms with van der Waals surface area (Å²) >= 11 is 0. The van der Waals surface area contributed by atoms with E-state index in [1.165, 1.54) is 19.2 Å². The van der Waals surface area contributed by atoms with E-state index in [4.69, 9.17) is 18.7 Å². The molecule has 8 nitrogen and oxygen atoms in total. The van der Waals surface area contributed by atoms with Crippen LogP contribution in [0, 0.1) is 0 Å². The second-order valence-corrected chi connectivity index (χ2v) is 5.17. The van der Waals surface area contributed by atoms with Crippen LogP contribution in [0.3, 0.4) is 0 Å². The average Bonchev–Trinajstić information content (AvgIpc) is 3.14. The van der Waals surface area contributed by atoms with Gasteiger partial charge >= 0.3 is 5.97 Å². The van der Waals surface area contributed by atoms with Gasteiger partial charge in [-0.3, -0.25) is 0 Å². The predicted molar refractivity (Wildman–Crippen MR) is 90.1 cm³/mol. The molecular weight excluding hydrogens is 340 g/mol. The monoisotopic (exact) mass is 356 g/mol. The number of aromatic hydroxyl groups is 1. The minimum Gasteiger partial charge on any atom is -0.507 e. The number of carbonyl (C=O) groups is 1. The minimum atomic E-state index is -0.720. The van der Waals surface area contributed by atoms with Crippen molar-refractivity contribution >= 4 is 5.97 Å². The van der Waals surface area contributed by atoms with E-state index >= 15 is 0 Å². The number of benzene rings is 2. The second-order valence-electron chi connectivity index (χ2n) is 5.17. The summed E-state index contributed by atoms with van der Waals surface area (Å²) < 4.78 is 20.4. The Morgan fingerprint density at radius 1 is 1.15 bits per heavy atom. The van der Waals surface area contributed by atoms with Crippen LogP contribution < -0.4 is 9.47 Å². The lowest BCUT2D eigenvalue weighted by Gasteiger charge is -2.06. The smallest absolute Gasteiger partial charge is 0.342 e. The van der Waals surface area contributed by atoms with Crippen LogP contribution in [0.25, 0.3) is 11.4 Å². The fraction of sp³-hybridized carbons (Fsp3) is 0.167. The van der Waals surface area contributed by atoms with Crippen LogP contribution in [-0.2, 0) is 11.3 Å². The molecule has 1 aromatic heterocycles. The number of carbonyl (C=O) groups excluding carboxylic acids is 1. The first-order chi connectivity index (χ1) is 12.6. The molecule has 0 atom stereocenters. The molecule has 0 radical (unpaired) electrons. The van der Waals surface area contributed by atoms with Crippen molar-refractivity contribution in [2.24, 2.45) is 0 Å². The molecule has 0 bridgehead atoms. The normalized spacial score (nSPS) is 10.4. The number of aromatic nitrogens is 2. The number of para-hydroxylation sites is 1. The molecule has 0 amide bonds. The molecule has 3 rings (SSSR count). The van der Waals surface area contributed by atoms with E-state index in [9.17, 15) is 9.90 Å². The van der Waals surface area contributed by atoms with Gasteiger partial charge in [0.15, 0.2) is 6.61 Å². The number of phenols is 1. The maximum Gasteiger partial charge on any atom is 0.342 e. The third-order valence-corrected chi connectivity index (χ3v) is 3.57. The van der Waals surface area contributed by atoms with Crippen LogP contribution in [0.2, 0.25) is 0 Å². The molecular formula is C18H16N2O6. The predicted octanol–water partition coefficient (Wildman–Crippen LogP) is 2.82. The SMILES string of the molecule is COc1ccc(C(=O)OCc2nc(-c3ccccc3OC)no2)c(O)c1. The van der Waals surface area contributed by atoms with Crippen LogP contribution in [0.1, 0.15) is 16.2 Å². The number of rotatable bonds is 6. The van der Waals surface area contributed by atoms with Gasteiger partial charge in [0, 0.05) is 6.07 Å². The van der Waals surface area contributed by atoms with Crippen molar-refractivity contribution in [3.8, 4) is 28.6 Å². The first-order valence-electron chi connectivity index (χ1n) is 7.62. The van der Waals surface area contributed by atoms with Crippen molar-refractivity contribution in [3.05, 3.63) is 53.9 Å². The maximum atomic E-state index is 12.1. The molecule has 134 valence electrons. The van der Waals surface area contributed by atoms with E-state index in [0.717, 1.165) is 0 Å². The van der Waals surface area contributed by atoms with Gasteiger partial charge in [0.2, 0.25) is 5.82 Å². The molecule has 0 saturated heterocycles. The Labute approximate surface area is 148 Å². The largest absolute Gasteiger partial charge is 0.507 e. The quantitative estimate of drug-likeness (QED) is 0.672. The number of hydrogen-bond donors (Lipinski definition) is 1. The van der Waals surface area contributed by atoms with Gasteiger partial charge in [0.25, 0.3) is 5.89 Å². The zero-order valence-electron chi connectivity index (χ0n) is 14.1. The summed E-state index contributed by atoms with van der Waals surface area (Å²) in [7, 11) is 3.00. The van der Waals surface area contributed by atoms with E-state index in [1.807, 2.05) is 12.1 Å². The van der Waals surface area contributed by atoms with Gasteiger partial charge in [-0.15, -0.1) is 0 Å². The van der Waals surface area contributed by atoms with Gasteiger partial charge < -0.3 is 23.8 Å². The first kappa shape index (κ1) is 17.3. The lowest BCUT2D eigenvalue weighted by molar-refractivity contribution is 0.0426. The van der Waals surface area contributed by atoms with Gasteiger partial charge in [0.1, 0.15) is 22.8 Å². The molecule has 2 aromatic carbocycles. The Bertz CT molecular complexity index is 922. The van der Waals surface area contributed by atoms with Gasteiger partial charge in [-0.1, -0.05) is 17.3 Å². The minimum absolute atomic E-state index is 0.00951. The van der Waals surface area contributed by atoms with E-state index in [1.54, 1.807) is 25.3 Å². The van der Waals surface area contributed by atoms with Crippen LogP contribution in [0.5, 0.6) is 17.2 Å². The Kier molecular flexibility index (Phi) is 5.02. The summed E-state index contributed by atoms with van der Waals surface area (Å²) in [6.45, 7) is -0.230. The molecule has 3 aromatic rings. The molecule has 1 N–H and O–H groups in total. The summed E-state index contributed by atoms with van der Waals surface area (Å²) in [5.41, 5.74) is 0.666. The molecule has 8 heteroatoms. The van der Waals surface area contributed by atoms with Crippen LogP contribution in [-0.4, -0.2) is 35.4 Å². The van der Waals surface area contributed by atoms with Crippen LogP contribution >= 0.6 is 0 Å². The molecule has 0 unspecified atom stereocenters. The highest BCUT2D eigenvalue weighted by Crippen LogP contribution is 2.27. The Morgan fingerprint density at radius 3 is 2.69 bits per heavy atom. The van der Waals surface area contributed by atoms with E-state index in [0.29, 0.717) is 22.9 Å². The number of phenolic OH excluding ortho intramolecular Hbond substituents is 1. The fourth-order valence-electron chi connectivity index (χ4n) is 2.27. The highest BCUT2D eigenvalue weighted by molar-refractivity contribution is 5.92. The summed E-state index contributed by atoms with van der Waals surface area (Å²) in [5.74, 6) is 0.502. The topological polar surface area (TPSA) is 104 Å². The number of nitrogens with zero attached hydrogens (tertiary/aromatic N) is 2.